The van der Waals surface area contributed by atoms with Gasteiger partial charge in [0.2, 0.25) is 11.8 Å². The van der Waals surface area contributed by atoms with Crippen LogP contribution in [0.4, 0.5) is 5.69 Å². The summed E-state index contributed by atoms with van der Waals surface area (Å²) in [5.41, 5.74) is 5.86. The van der Waals surface area contributed by atoms with E-state index in [1.807, 2.05) is 81.4 Å². The Kier molecular flexibility index (Phi) is 6.91. The number of amides is 1. The average molecular weight is 498 g/mol. The largest absolute Gasteiger partial charge is 0.494 e. The number of rotatable bonds is 7. The van der Waals surface area contributed by atoms with Gasteiger partial charge in [-0.1, -0.05) is 59.8 Å². The van der Waals surface area contributed by atoms with Crippen LogP contribution in [0.3, 0.4) is 0 Å². The van der Waals surface area contributed by atoms with Crippen molar-refractivity contribution in [2.24, 2.45) is 0 Å². The number of thioether (sulfide) groups is 1. The summed E-state index contributed by atoms with van der Waals surface area (Å²) in [6, 6.07) is 21.6. The number of ether oxygens (including phenoxy) is 2. The lowest BCUT2D eigenvalue weighted by Crippen LogP contribution is -2.15. The van der Waals surface area contributed by atoms with Crippen molar-refractivity contribution in [3.05, 3.63) is 89.0 Å². The third-order valence-electron chi connectivity index (χ3n) is 5.89. The Bertz CT molecular complexity index is 1400. The molecule has 0 saturated heterocycles. The fraction of sp³-hybridized carbons (Fsp3) is 0.207. The predicted octanol–water partition coefficient (Wildman–Crippen LogP) is 6.59. The Morgan fingerprint density at radius 1 is 1.03 bits per heavy atom. The molecule has 4 aromatic rings. The molecule has 1 N–H and O–H groups in total. The van der Waals surface area contributed by atoms with Crippen LogP contribution in [0.1, 0.15) is 29.2 Å². The maximum atomic E-state index is 12.8. The highest BCUT2D eigenvalue weighted by molar-refractivity contribution is 8.00. The Morgan fingerprint density at radius 2 is 1.81 bits per heavy atom. The summed E-state index contributed by atoms with van der Waals surface area (Å²) < 4.78 is 11.8. The van der Waals surface area contributed by atoms with Crippen molar-refractivity contribution < 1.29 is 14.3 Å². The molecule has 36 heavy (non-hydrogen) atoms. The Labute approximate surface area is 215 Å². The van der Waals surface area contributed by atoms with E-state index in [1.54, 1.807) is 0 Å². The SMILES string of the molecule is CCOc1ccc(NC(=O)CSc2nc(-c3ccc(C)cc3)nc3c2Cc2cccc(C)c2O3)cc1. The zero-order valence-corrected chi connectivity index (χ0v) is 21.3. The van der Waals surface area contributed by atoms with E-state index in [-0.39, 0.29) is 11.7 Å². The summed E-state index contributed by atoms with van der Waals surface area (Å²) in [6.45, 7) is 6.62. The van der Waals surface area contributed by atoms with Gasteiger partial charge in [-0.05, 0) is 56.2 Å². The van der Waals surface area contributed by atoms with Crippen molar-refractivity contribution in [2.75, 3.05) is 17.7 Å². The molecule has 5 rings (SSSR count). The number of fused-ring (bicyclic) bond motifs is 2. The quantitative estimate of drug-likeness (QED) is 0.202. The van der Waals surface area contributed by atoms with Crippen LogP contribution in [0.15, 0.2) is 71.8 Å². The van der Waals surface area contributed by atoms with Crippen LogP contribution >= 0.6 is 11.8 Å². The molecule has 0 atom stereocenters. The number of nitrogens with zero attached hydrogens (tertiary/aromatic N) is 2. The molecule has 1 aliphatic heterocycles. The monoisotopic (exact) mass is 497 g/mol. The van der Waals surface area contributed by atoms with Gasteiger partial charge >= 0.3 is 0 Å². The molecule has 0 bridgehead atoms. The van der Waals surface area contributed by atoms with Gasteiger partial charge in [0.1, 0.15) is 16.5 Å². The number of hydrogen-bond acceptors (Lipinski definition) is 6. The minimum absolute atomic E-state index is 0.110. The first-order valence-electron chi connectivity index (χ1n) is 11.9. The van der Waals surface area contributed by atoms with Gasteiger partial charge in [-0.15, -0.1) is 0 Å². The second-order valence-electron chi connectivity index (χ2n) is 8.64. The topological polar surface area (TPSA) is 73.3 Å². The highest BCUT2D eigenvalue weighted by atomic mass is 32.2. The number of carbonyl (C=O) groups is 1. The van der Waals surface area contributed by atoms with E-state index >= 15 is 0 Å². The van der Waals surface area contributed by atoms with Crippen molar-refractivity contribution in [3.63, 3.8) is 0 Å². The van der Waals surface area contributed by atoms with E-state index in [2.05, 4.69) is 11.4 Å². The Morgan fingerprint density at radius 3 is 2.56 bits per heavy atom. The number of anilines is 1. The lowest BCUT2D eigenvalue weighted by Gasteiger charge is -2.23. The molecule has 0 aliphatic carbocycles. The molecule has 2 heterocycles. The lowest BCUT2D eigenvalue weighted by molar-refractivity contribution is -0.113. The van der Waals surface area contributed by atoms with E-state index in [4.69, 9.17) is 19.4 Å². The van der Waals surface area contributed by atoms with Crippen LogP contribution in [0.2, 0.25) is 0 Å². The third-order valence-corrected chi connectivity index (χ3v) is 6.91. The van der Waals surface area contributed by atoms with Crippen LogP contribution in [0.25, 0.3) is 11.4 Å². The highest BCUT2D eigenvalue weighted by Gasteiger charge is 2.25. The Balaban J connectivity index is 1.40. The molecule has 0 unspecified atom stereocenters. The molecule has 1 aliphatic rings. The van der Waals surface area contributed by atoms with E-state index in [0.717, 1.165) is 50.0 Å². The summed E-state index contributed by atoms with van der Waals surface area (Å²) in [6.07, 6.45) is 0.656. The molecule has 1 amide bonds. The minimum atomic E-state index is -0.110. The second kappa shape index (κ2) is 10.4. The first-order valence-corrected chi connectivity index (χ1v) is 12.9. The number of aryl methyl sites for hydroxylation is 2. The zero-order valence-electron chi connectivity index (χ0n) is 20.5. The van der Waals surface area contributed by atoms with Gasteiger partial charge in [0.25, 0.3) is 0 Å². The molecular weight excluding hydrogens is 470 g/mol. The number of benzene rings is 3. The lowest BCUT2D eigenvalue weighted by atomic mass is 10.0. The molecular formula is C29H27N3O3S. The van der Waals surface area contributed by atoms with Crippen LogP contribution in [-0.4, -0.2) is 28.2 Å². The van der Waals surface area contributed by atoms with Crippen LogP contribution < -0.4 is 14.8 Å². The van der Waals surface area contributed by atoms with Gasteiger partial charge in [0.05, 0.1) is 17.9 Å². The first kappa shape index (κ1) is 23.9. The predicted molar refractivity (Wildman–Crippen MR) is 143 cm³/mol. The third kappa shape index (κ3) is 5.21. The number of para-hydroxylation sites is 1. The molecule has 0 fully saturated rings. The molecule has 0 saturated carbocycles. The van der Waals surface area contributed by atoms with E-state index in [1.165, 1.54) is 11.8 Å². The van der Waals surface area contributed by atoms with E-state index in [9.17, 15) is 4.79 Å². The summed E-state index contributed by atoms with van der Waals surface area (Å²) in [5.74, 6) is 2.86. The average Bonchev–Trinajstić information content (AvgIpc) is 2.88. The maximum absolute atomic E-state index is 12.8. The van der Waals surface area contributed by atoms with E-state index in [0.29, 0.717) is 24.7 Å². The van der Waals surface area contributed by atoms with Crippen molar-refractivity contribution in [2.45, 2.75) is 32.2 Å². The van der Waals surface area contributed by atoms with Crippen LogP contribution in [0, 0.1) is 13.8 Å². The van der Waals surface area contributed by atoms with Crippen LogP contribution in [-0.2, 0) is 11.2 Å². The van der Waals surface area contributed by atoms with Crippen molar-refractivity contribution >= 4 is 23.4 Å². The smallest absolute Gasteiger partial charge is 0.234 e. The summed E-state index contributed by atoms with van der Waals surface area (Å²) in [5, 5.41) is 3.70. The van der Waals surface area contributed by atoms with Gasteiger partial charge in [-0.3, -0.25) is 4.79 Å². The molecule has 0 spiro atoms. The van der Waals surface area contributed by atoms with Crippen molar-refractivity contribution in [1.82, 2.24) is 9.97 Å². The normalized spacial score (nSPS) is 11.8. The molecule has 0 radical (unpaired) electrons. The van der Waals surface area contributed by atoms with Gasteiger partial charge in [-0.2, -0.15) is 4.98 Å². The number of nitrogens with one attached hydrogen (secondary N) is 1. The molecule has 7 heteroatoms. The number of aromatic nitrogens is 2. The van der Waals surface area contributed by atoms with E-state index < -0.39 is 0 Å². The maximum Gasteiger partial charge on any atom is 0.234 e. The first-order chi connectivity index (χ1) is 17.5. The Hall–Kier alpha value is -3.84. The van der Waals surface area contributed by atoms with Gasteiger partial charge < -0.3 is 14.8 Å². The van der Waals surface area contributed by atoms with Crippen LogP contribution in [0.5, 0.6) is 17.4 Å². The molecule has 3 aromatic carbocycles. The number of hydrogen-bond donors (Lipinski definition) is 1. The van der Waals surface area contributed by atoms with Gasteiger partial charge in [-0.25, -0.2) is 4.98 Å². The molecule has 1 aromatic heterocycles. The summed E-state index contributed by atoms with van der Waals surface area (Å²) >= 11 is 1.40. The minimum Gasteiger partial charge on any atom is -0.494 e. The van der Waals surface area contributed by atoms with Crippen molar-refractivity contribution in [3.8, 4) is 28.8 Å². The fourth-order valence-electron chi connectivity index (χ4n) is 4.05. The van der Waals surface area contributed by atoms with Gasteiger partial charge in [0.15, 0.2) is 5.82 Å². The zero-order chi connectivity index (χ0) is 25.1. The highest BCUT2D eigenvalue weighted by Crippen LogP contribution is 2.41. The summed E-state index contributed by atoms with van der Waals surface area (Å²) in [7, 11) is 0. The fourth-order valence-corrected chi connectivity index (χ4v) is 4.87. The summed E-state index contributed by atoms with van der Waals surface area (Å²) in [4.78, 5) is 22.4. The van der Waals surface area contributed by atoms with Gasteiger partial charge in [0, 0.05) is 17.7 Å². The second-order valence-corrected chi connectivity index (χ2v) is 9.60. The molecule has 6 nitrogen and oxygen atoms in total. The molecule has 182 valence electrons. The van der Waals surface area contributed by atoms with Crippen molar-refractivity contribution in [1.29, 1.82) is 0 Å². The standard InChI is InChI=1S/C29H27N3O3S/c1-4-34-23-14-12-22(13-15-23)30-25(33)17-36-29-24-16-21-7-5-6-19(3)26(21)35-28(24)31-27(32-29)20-10-8-18(2)9-11-20/h5-15H,4,16-17H2,1-3H3,(H,30,33). The number of carbonyl (C=O) groups excluding carboxylic acids is 1.